The molecule has 0 saturated carbocycles. The Labute approximate surface area is 111 Å². The summed E-state index contributed by atoms with van der Waals surface area (Å²) in [5, 5.41) is 2.78. The number of benzene rings is 1. The Morgan fingerprint density at radius 1 is 1.21 bits per heavy atom. The summed E-state index contributed by atoms with van der Waals surface area (Å²) in [6.07, 6.45) is 0.823. The van der Waals surface area contributed by atoms with Gasteiger partial charge in [-0.2, -0.15) is 0 Å². The number of ether oxygens (including phenoxy) is 1. The average Bonchev–Trinajstić information content (AvgIpc) is 2.38. The predicted molar refractivity (Wildman–Crippen MR) is 71.1 cm³/mol. The van der Waals surface area contributed by atoms with Crippen molar-refractivity contribution in [3.05, 3.63) is 23.8 Å². The summed E-state index contributed by atoms with van der Waals surface area (Å²) in [4.78, 5) is 2.28. The topological polar surface area (TPSA) is 50.5 Å². The first-order valence-corrected chi connectivity index (χ1v) is 6.45. The molecule has 106 valence electrons. The van der Waals surface area contributed by atoms with Gasteiger partial charge in [-0.1, -0.05) is 0 Å². The van der Waals surface area contributed by atoms with Crippen LogP contribution in [-0.4, -0.2) is 44.3 Å². The lowest BCUT2D eigenvalue weighted by molar-refractivity contribution is 0.0378. The normalized spacial score (nSPS) is 16.5. The van der Waals surface area contributed by atoms with Gasteiger partial charge in [0.25, 0.3) is 0 Å². The number of morpholine rings is 1. The highest BCUT2D eigenvalue weighted by atomic mass is 19.1. The third-order valence-corrected chi connectivity index (χ3v) is 3.12. The van der Waals surface area contributed by atoms with Crippen molar-refractivity contribution in [3.8, 4) is 0 Å². The molecule has 0 aromatic heterocycles. The van der Waals surface area contributed by atoms with E-state index in [0.717, 1.165) is 51.4 Å². The first-order chi connectivity index (χ1) is 9.16. The summed E-state index contributed by atoms with van der Waals surface area (Å²) in [6.45, 7) is 4.78. The molecule has 1 saturated heterocycles. The zero-order valence-electron chi connectivity index (χ0n) is 10.8. The minimum atomic E-state index is -0.649. The lowest BCUT2D eigenvalue weighted by Gasteiger charge is -2.26. The van der Waals surface area contributed by atoms with Crippen LogP contribution in [-0.2, 0) is 4.74 Å². The highest BCUT2D eigenvalue weighted by Gasteiger charge is 2.11. The molecule has 0 bridgehead atoms. The van der Waals surface area contributed by atoms with Crippen molar-refractivity contribution < 1.29 is 13.5 Å². The van der Waals surface area contributed by atoms with E-state index in [1.54, 1.807) is 0 Å². The molecule has 3 N–H and O–H groups in total. The van der Waals surface area contributed by atoms with Crippen LogP contribution >= 0.6 is 0 Å². The second-order valence-corrected chi connectivity index (χ2v) is 4.59. The van der Waals surface area contributed by atoms with Gasteiger partial charge >= 0.3 is 0 Å². The van der Waals surface area contributed by atoms with Crippen LogP contribution in [0, 0.1) is 11.6 Å². The highest BCUT2D eigenvalue weighted by Crippen LogP contribution is 2.21. The van der Waals surface area contributed by atoms with Gasteiger partial charge in [0.2, 0.25) is 0 Å². The number of hydrogen-bond acceptors (Lipinski definition) is 4. The van der Waals surface area contributed by atoms with Gasteiger partial charge < -0.3 is 15.8 Å². The third-order valence-electron chi connectivity index (χ3n) is 3.12. The quantitative estimate of drug-likeness (QED) is 0.632. The van der Waals surface area contributed by atoms with Crippen LogP contribution in [0.3, 0.4) is 0 Å². The number of nitrogen functional groups attached to an aromatic ring is 1. The van der Waals surface area contributed by atoms with E-state index < -0.39 is 11.6 Å². The number of halogens is 2. The Balaban J connectivity index is 1.76. The molecule has 2 rings (SSSR count). The van der Waals surface area contributed by atoms with E-state index in [2.05, 4.69) is 10.2 Å². The first kappa shape index (κ1) is 14.0. The number of nitrogens with two attached hydrogens (primary N) is 1. The Hall–Kier alpha value is -1.40. The molecule has 4 nitrogen and oxygen atoms in total. The lowest BCUT2D eigenvalue weighted by atomic mass is 10.2. The summed E-state index contributed by atoms with van der Waals surface area (Å²) in [7, 11) is 0. The minimum Gasteiger partial charge on any atom is -0.399 e. The van der Waals surface area contributed by atoms with Crippen LogP contribution in [0.1, 0.15) is 6.42 Å². The van der Waals surface area contributed by atoms with Gasteiger partial charge in [0.05, 0.1) is 13.2 Å². The maximum absolute atomic E-state index is 13.5. The largest absolute Gasteiger partial charge is 0.399 e. The number of anilines is 2. The summed E-state index contributed by atoms with van der Waals surface area (Å²) in [6, 6.07) is 2.24. The smallest absolute Gasteiger partial charge is 0.151 e. The van der Waals surface area contributed by atoms with E-state index in [0.29, 0.717) is 6.54 Å². The van der Waals surface area contributed by atoms with Crippen molar-refractivity contribution in [2.24, 2.45) is 0 Å². The molecule has 1 aromatic rings. The maximum Gasteiger partial charge on any atom is 0.151 e. The molecule has 1 fully saturated rings. The SMILES string of the molecule is Nc1cc(F)c(NCCCN2CCOCC2)c(F)c1. The second-order valence-electron chi connectivity index (χ2n) is 4.59. The lowest BCUT2D eigenvalue weighted by Crippen LogP contribution is -2.37. The van der Waals surface area contributed by atoms with Crippen molar-refractivity contribution in [2.45, 2.75) is 6.42 Å². The fraction of sp³-hybridized carbons (Fsp3) is 0.538. The van der Waals surface area contributed by atoms with Gasteiger partial charge in [-0.25, -0.2) is 8.78 Å². The van der Waals surface area contributed by atoms with E-state index in [4.69, 9.17) is 10.5 Å². The molecule has 19 heavy (non-hydrogen) atoms. The predicted octanol–water partition coefficient (Wildman–Crippen LogP) is 1.68. The summed E-state index contributed by atoms with van der Waals surface area (Å²) >= 11 is 0. The molecule has 1 heterocycles. The van der Waals surface area contributed by atoms with Crippen LogP contribution in [0.25, 0.3) is 0 Å². The Morgan fingerprint density at radius 2 is 1.84 bits per heavy atom. The Morgan fingerprint density at radius 3 is 2.47 bits per heavy atom. The molecular weight excluding hydrogens is 252 g/mol. The van der Waals surface area contributed by atoms with Crippen LogP contribution in [0.2, 0.25) is 0 Å². The fourth-order valence-electron chi connectivity index (χ4n) is 2.10. The first-order valence-electron chi connectivity index (χ1n) is 6.45. The number of hydrogen-bond donors (Lipinski definition) is 2. The van der Waals surface area contributed by atoms with Gasteiger partial charge in [0, 0.05) is 25.3 Å². The van der Waals surface area contributed by atoms with Gasteiger partial charge in [0.1, 0.15) is 5.69 Å². The van der Waals surface area contributed by atoms with Gasteiger partial charge in [-0.05, 0) is 25.1 Å². The van der Waals surface area contributed by atoms with E-state index in [1.165, 1.54) is 0 Å². The molecule has 0 radical (unpaired) electrons. The number of nitrogens with zero attached hydrogens (tertiary/aromatic N) is 1. The standard InChI is InChI=1S/C13H19F2N3O/c14-11-8-10(16)9-12(15)13(11)17-2-1-3-18-4-6-19-7-5-18/h8-9,17H,1-7,16H2. The molecule has 6 heteroatoms. The highest BCUT2D eigenvalue weighted by molar-refractivity contribution is 5.53. The van der Waals surface area contributed by atoms with E-state index in [9.17, 15) is 8.78 Å². The van der Waals surface area contributed by atoms with E-state index in [1.807, 2.05) is 0 Å². The van der Waals surface area contributed by atoms with Crippen LogP contribution in [0.4, 0.5) is 20.2 Å². The van der Waals surface area contributed by atoms with E-state index in [-0.39, 0.29) is 11.4 Å². The van der Waals surface area contributed by atoms with Gasteiger partial charge in [-0.15, -0.1) is 0 Å². The molecule has 1 aliphatic rings. The van der Waals surface area contributed by atoms with Crippen molar-refractivity contribution in [1.29, 1.82) is 0 Å². The molecule has 0 aliphatic carbocycles. The van der Waals surface area contributed by atoms with E-state index >= 15 is 0 Å². The summed E-state index contributed by atoms with van der Waals surface area (Å²) in [5.74, 6) is -1.30. The molecule has 0 unspecified atom stereocenters. The van der Waals surface area contributed by atoms with Crippen molar-refractivity contribution in [1.82, 2.24) is 4.90 Å². The summed E-state index contributed by atoms with van der Waals surface area (Å²) < 4.78 is 32.2. The van der Waals surface area contributed by atoms with Crippen molar-refractivity contribution in [3.63, 3.8) is 0 Å². The summed E-state index contributed by atoms with van der Waals surface area (Å²) in [5.41, 5.74) is 5.35. The molecule has 0 atom stereocenters. The molecule has 1 aromatic carbocycles. The Bertz CT molecular complexity index is 399. The molecule has 0 amide bonds. The van der Waals surface area contributed by atoms with Crippen LogP contribution in [0.5, 0.6) is 0 Å². The zero-order valence-corrected chi connectivity index (χ0v) is 10.8. The second kappa shape index (κ2) is 6.68. The fourth-order valence-corrected chi connectivity index (χ4v) is 2.10. The monoisotopic (exact) mass is 271 g/mol. The minimum absolute atomic E-state index is 0.0915. The Kier molecular flexibility index (Phi) is 4.93. The van der Waals surface area contributed by atoms with Crippen LogP contribution in [0.15, 0.2) is 12.1 Å². The molecular formula is C13H19F2N3O. The average molecular weight is 271 g/mol. The maximum atomic E-state index is 13.5. The van der Waals surface area contributed by atoms with Crippen molar-refractivity contribution >= 4 is 11.4 Å². The number of rotatable bonds is 5. The van der Waals surface area contributed by atoms with Crippen LogP contribution < -0.4 is 11.1 Å². The van der Waals surface area contributed by atoms with Gasteiger partial charge in [0.15, 0.2) is 11.6 Å². The van der Waals surface area contributed by atoms with Crippen molar-refractivity contribution in [2.75, 3.05) is 50.4 Å². The van der Waals surface area contributed by atoms with Gasteiger partial charge in [-0.3, -0.25) is 4.90 Å². The zero-order chi connectivity index (χ0) is 13.7. The number of nitrogens with one attached hydrogen (secondary N) is 1. The molecule has 0 spiro atoms. The molecule has 1 aliphatic heterocycles. The third kappa shape index (κ3) is 4.04.